The molecule has 1 aromatic heterocycles. The highest BCUT2D eigenvalue weighted by Crippen LogP contribution is 2.07. The Bertz CT molecular complexity index is 417. The predicted octanol–water partition coefficient (Wildman–Crippen LogP) is 2.25. The number of hydrogen-bond donors (Lipinski definition) is 0. The molecule has 0 amide bonds. The molecule has 0 saturated carbocycles. The zero-order valence-corrected chi connectivity index (χ0v) is 9.19. The van der Waals surface area contributed by atoms with Crippen LogP contribution in [0.15, 0.2) is 67.8 Å². The van der Waals surface area contributed by atoms with Crippen molar-refractivity contribution in [3.05, 3.63) is 67.8 Å². The molecule has 0 spiro atoms. The largest absolute Gasteiger partial charge is 0.423 e. The van der Waals surface area contributed by atoms with Gasteiger partial charge in [0.2, 0.25) is 0 Å². The van der Waals surface area contributed by atoms with Crippen LogP contribution in [0.3, 0.4) is 0 Å². The van der Waals surface area contributed by atoms with Crippen molar-refractivity contribution in [2.45, 2.75) is 0 Å². The van der Waals surface area contributed by atoms with E-state index in [-0.39, 0.29) is 0 Å². The molecule has 0 aliphatic heterocycles. The van der Waals surface area contributed by atoms with Crippen molar-refractivity contribution in [2.24, 2.45) is 0 Å². The fraction of sp³-hybridized carbons (Fsp3) is 0. The van der Waals surface area contributed by atoms with Gasteiger partial charge in [-0.25, -0.2) is 14.8 Å². The fourth-order valence-corrected chi connectivity index (χ4v) is 0.900. The standard InChI is InChI=1S/C9H8O2.C4H4N2/c1-2-9(10)11-8-6-4-3-5-7-8;1-2-5-4-6-3-1/h2-7H,1H2;1-4H. The van der Waals surface area contributed by atoms with Gasteiger partial charge in [0.25, 0.3) is 0 Å². The molecule has 0 N–H and O–H groups in total. The summed E-state index contributed by atoms with van der Waals surface area (Å²) in [5, 5.41) is 0. The normalized spacial score (nSPS) is 8.47. The summed E-state index contributed by atoms with van der Waals surface area (Å²) in [6.45, 7) is 3.28. The van der Waals surface area contributed by atoms with Crippen LogP contribution in [0.1, 0.15) is 0 Å². The molecule has 4 heteroatoms. The topological polar surface area (TPSA) is 52.1 Å². The molecule has 2 aromatic rings. The third-order valence-electron chi connectivity index (χ3n) is 1.61. The monoisotopic (exact) mass is 228 g/mol. The Morgan fingerprint density at radius 2 is 1.76 bits per heavy atom. The van der Waals surface area contributed by atoms with Gasteiger partial charge in [-0.3, -0.25) is 0 Å². The molecule has 4 nitrogen and oxygen atoms in total. The lowest BCUT2D eigenvalue weighted by Gasteiger charge is -1.98. The molecule has 0 unspecified atom stereocenters. The third-order valence-corrected chi connectivity index (χ3v) is 1.61. The van der Waals surface area contributed by atoms with E-state index >= 15 is 0 Å². The number of carbonyl (C=O) groups is 1. The van der Waals surface area contributed by atoms with E-state index in [0.717, 1.165) is 6.08 Å². The Morgan fingerprint density at radius 1 is 1.12 bits per heavy atom. The fourth-order valence-electron chi connectivity index (χ4n) is 0.900. The van der Waals surface area contributed by atoms with Gasteiger partial charge >= 0.3 is 5.97 Å². The minimum Gasteiger partial charge on any atom is -0.423 e. The third kappa shape index (κ3) is 5.84. The summed E-state index contributed by atoms with van der Waals surface area (Å²) >= 11 is 0. The van der Waals surface area contributed by atoms with Crippen molar-refractivity contribution < 1.29 is 9.53 Å². The van der Waals surface area contributed by atoms with E-state index in [9.17, 15) is 4.79 Å². The average molecular weight is 228 g/mol. The molecular formula is C13H12N2O2. The van der Waals surface area contributed by atoms with Crippen LogP contribution in [0.2, 0.25) is 0 Å². The highest BCUT2D eigenvalue weighted by Gasteiger charge is 1.95. The molecule has 1 aromatic carbocycles. The molecule has 0 atom stereocenters. The van der Waals surface area contributed by atoms with Crippen LogP contribution in [-0.4, -0.2) is 15.9 Å². The van der Waals surface area contributed by atoms with Gasteiger partial charge in [0.05, 0.1) is 0 Å². The van der Waals surface area contributed by atoms with Crippen LogP contribution in [0, 0.1) is 0 Å². The van der Waals surface area contributed by atoms with Crippen LogP contribution in [0.5, 0.6) is 5.75 Å². The summed E-state index contributed by atoms with van der Waals surface area (Å²) in [7, 11) is 0. The molecule has 0 fully saturated rings. The number of rotatable bonds is 2. The van der Waals surface area contributed by atoms with Crippen molar-refractivity contribution in [2.75, 3.05) is 0 Å². The molecule has 0 aliphatic rings. The predicted molar refractivity (Wildman–Crippen MR) is 64.3 cm³/mol. The Labute approximate surface area is 99.6 Å². The average Bonchev–Trinajstić information content (AvgIpc) is 2.42. The summed E-state index contributed by atoms with van der Waals surface area (Å²) in [6.07, 6.45) is 6.01. The van der Waals surface area contributed by atoms with Crippen LogP contribution < -0.4 is 4.74 Å². The molecule has 86 valence electrons. The van der Waals surface area contributed by atoms with E-state index in [2.05, 4.69) is 16.5 Å². The maximum atomic E-state index is 10.6. The number of aromatic nitrogens is 2. The van der Waals surface area contributed by atoms with E-state index < -0.39 is 5.97 Å². The number of nitrogens with zero attached hydrogens (tertiary/aromatic N) is 2. The number of esters is 1. The van der Waals surface area contributed by atoms with Gasteiger partial charge in [-0.2, -0.15) is 0 Å². The van der Waals surface area contributed by atoms with E-state index in [1.165, 1.54) is 6.33 Å². The van der Waals surface area contributed by atoms with Gasteiger partial charge in [-0.05, 0) is 18.2 Å². The highest BCUT2D eigenvalue weighted by atomic mass is 16.5. The van der Waals surface area contributed by atoms with Crippen LogP contribution in [0.4, 0.5) is 0 Å². The highest BCUT2D eigenvalue weighted by molar-refractivity contribution is 5.83. The maximum Gasteiger partial charge on any atom is 0.335 e. The van der Waals surface area contributed by atoms with Crippen molar-refractivity contribution in [3.63, 3.8) is 0 Å². The van der Waals surface area contributed by atoms with Crippen molar-refractivity contribution >= 4 is 5.97 Å². The SMILES string of the molecule is C=CC(=O)Oc1ccccc1.c1cncnc1. The Kier molecular flexibility index (Phi) is 5.74. The number of ether oxygens (including phenoxy) is 1. The Hall–Kier alpha value is -2.49. The van der Waals surface area contributed by atoms with E-state index in [1.807, 2.05) is 6.07 Å². The van der Waals surface area contributed by atoms with Crippen molar-refractivity contribution in [1.29, 1.82) is 0 Å². The Balaban J connectivity index is 0.000000202. The minimum absolute atomic E-state index is 0.434. The second-order valence-corrected chi connectivity index (χ2v) is 2.84. The molecule has 1 heterocycles. The minimum atomic E-state index is -0.434. The zero-order valence-electron chi connectivity index (χ0n) is 9.19. The summed E-state index contributed by atoms with van der Waals surface area (Å²) in [5.74, 6) is 0.105. The summed E-state index contributed by atoms with van der Waals surface area (Å²) in [4.78, 5) is 18.0. The first-order valence-corrected chi connectivity index (χ1v) is 4.92. The quantitative estimate of drug-likeness (QED) is 0.449. The lowest BCUT2D eigenvalue weighted by Crippen LogP contribution is -2.02. The van der Waals surface area contributed by atoms with Gasteiger partial charge in [0.1, 0.15) is 12.1 Å². The first-order valence-electron chi connectivity index (χ1n) is 4.92. The maximum absolute atomic E-state index is 10.6. The molecular weight excluding hydrogens is 216 g/mol. The summed E-state index contributed by atoms with van der Waals surface area (Å²) in [5.41, 5.74) is 0. The lowest BCUT2D eigenvalue weighted by molar-refractivity contribution is -0.128. The number of hydrogen-bond acceptors (Lipinski definition) is 4. The first-order chi connectivity index (χ1) is 8.33. The van der Waals surface area contributed by atoms with Gasteiger partial charge in [0.15, 0.2) is 0 Å². The molecule has 0 saturated heterocycles. The second kappa shape index (κ2) is 7.76. The summed E-state index contributed by atoms with van der Waals surface area (Å²) < 4.78 is 4.81. The molecule has 0 radical (unpaired) electrons. The zero-order chi connectivity index (χ0) is 12.3. The second-order valence-electron chi connectivity index (χ2n) is 2.84. The van der Waals surface area contributed by atoms with Crippen LogP contribution in [0.25, 0.3) is 0 Å². The molecule has 0 aliphatic carbocycles. The number of benzene rings is 1. The molecule has 17 heavy (non-hydrogen) atoms. The number of carbonyl (C=O) groups excluding carboxylic acids is 1. The number of para-hydroxylation sites is 1. The molecule has 2 rings (SSSR count). The van der Waals surface area contributed by atoms with E-state index in [4.69, 9.17) is 4.74 Å². The van der Waals surface area contributed by atoms with E-state index in [1.54, 1.807) is 42.7 Å². The Morgan fingerprint density at radius 3 is 2.18 bits per heavy atom. The first kappa shape index (κ1) is 12.6. The van der Waals surface area contributed by atoms with Gasteiger partial charge in [-0.1, -0.05) is 24.8 Å². The lowest BCUT2D eigenvalue weighted by atomic mass is 10.3. The van der Waals surface area contributed by atoms with Crippen molar-refractivity contribution in [1.82, 2.24) is 9.97 Å². The van der Waals surface area contributed by atoms with Gasteiger partial charge < -0.3 is 4.74 Å². The van der Waals surface area contributed by atoms with Gasteiger partial charge in [-0.15, -0.1) is 0 Å². The van der Waals surface area contributed by atoms with Gasteiger partial charge in [0, 0.05) is 18.5 Å². The smallest absolute Gasteiger partial charge is 0.335 e. The molecule has 0 bridgehead atoms. The summed E-state index contributed by atoms with van der Waals surface area (Å²) in [6, 6.07) is 10.6. The van der Waals surface area contributed by atoms with E-state index in [0.29, 0.717) is 5.75 Å². The van der Waals surface area contributed by atoms with Crippen LogP contribution >= 0.6 is 0 Å². The van der Waals surface area contributed by atoms with Crippen molar-refractivity contribution in [3.8, 4) is 5.75 Å². The van der Waals surface area contributed by atoms with Crippen LogP contribution in [-0.2, 0) is 4.79 Å².